The lowest BCUT2D eigenvalue weighted by molar-refractivity contribution is -0.903. The Morgan fingerprint density at radius 3 is 2.54 bits per heavy atom. The van der Waals surface area contributed by atoms with E-state index in [1.807, 2.05) is 0 Å². The van der Waals surface area contributed by atoms with Crippen molar-refractivity contribution in [3.05, 3.63) is 30.1 Å². The fourth-order valence-corrected chi connectivity index (χ4v) is 3.26. The molecule has 1 aromatic rings. The Morgan fingerprint density at radius 1 is 1.15 bits per heavy atom. The van der Waals surface area contributed by atoms with Crippen molar-refractivity contribution in [2.45, 2.75) is 19.3 Å². The number of piperidine rings is 1. The van der Waals surface area contributed by atoms with Crippen molar-refractivity contribution in [1.82, 2.24) is 5.32 Å². The molecule has 2 N–H and O–H groups in total. The lowest BCUT2D eigenvalue weighted by atomic mass is 10.1. The summed E-state index contributed by atoms with van der Waals surface area (Å²) < 4.78 is 13.1. The molecule has 4 amide bonds. The number of hydrogen-bond donors (Lipinski definition) is 2. The summed E-state index contributed by atoms with van der Waals surface area (Å²) in [6, 6.07) is 4.09. The average molecular weight is 361 g/mol. The van der Waals surface area contributed by atoms with Crippen LogP contribution in [0.5, 0.6) is 0 Å². The van der Waals surface area contributed by atoms with Crippen LogP contribution in [-0.4, -0.2) is 50.2 Å². The Labute approximate surface area is 150 Å². The number of likely N-dealkylation sites (tertiary alicyclic amines) is 1. The molecule has 1 aromatic carbocycles. The SMILES string of the molecule is O=C1NC(=O)N(c2ccc(F)cc2)C(=O)[C@@H]1C=NCC[NH+]1CCCCC1. The van der Waals surface area contributed by atoms with Crippen LogP contribution in [0.15, 0.2) is 29.3 Å². The molecule has 2 aliphatic rings. The maximum Gasteiger partial charge on any atom is 0.335 e. The summed E-state index contributed by atoms with van der Waals surface area (Å²) in [7, 11) is 0. The normalized spacial score (nSPS) is 22.1. The van der Waals surface area contributed by atoms with E-state index in [0.29, 0.717) is 6.54 Å². The van der Waals surface area contributed by atoms with Crippen LogP contribution in [0.3, 0.4) is 0 Å². The molecule has 0 saturated carbocycles. The number of amides is 4. The molecule has 7 nitrogen and oxygen atoms in total. The zero-order chi connectivity index (χ0) is 18.5. The monoisotopic (exact) mass is 361 g/mol. The second-order valence-corrected chi connectivity index (χ2v) is 6.54. The van der Waals surface area contributed by atoms with Crippen molar-refractivity contribution >= 4 is 29.7 Å². The number of rotatable bonds is 5. The molecule has 0 aromatic heterocycles. The summed E-state index contributed by atoms with van der Waals surface area (Å²) in [4.78, 5) is 43.2. The number of nitrogens with one attached hydrogen (secondary N) is 2. The Morgan fingerprint density at radius 2 is 1.85 bits per heavy atom. The number of nitrogens with zero attached hydrogens (tertiary/aromatic N) is 2. The van der Waals surface area contributed by atoms with Gasteiger partial charge in [0.1, 0.15) is 5.82 Å². The number of carbonyl (C=O) groups is 3. The second-order valence-electron chi connectivity index (χ2n) is 6.54. The molecule has 0 spiro atoms. The number of benzene rings is 1. The maximum absolute atomic E-state index is 13.1. The predicted octanol–water partition coefficient (Wildman–Crippen LogP) is 0.164. The number of anilines is 1. The lowest BCUT2D eigenvalue weighted by Gasteiger charge is -2.28. The second kappa shape index (κ2) is 8.18. The predicted molar refractivity (Wildman–Crippen MR) is 93.7 cm³/mol. The molecule has 3 rings (SSSR count). The molecule has 1 atom stereocenters. The first-order chi connectivity index (χ1) is 12.6. The fraction of sp³-hybridized carbons (Fsp3) is 0.444. The van der Waals surface area contributed by atoms with Gasteiger partial charge in [-0.1, -0.05) is 0 Å². The minimum absolute atomic E-state index is 0.206. The van der Waals surface area contributed by atoms with Crippen LogP contribution in [-0.2, 0) is 9.59 Å². The van der Waals surface area contributed by atoms with Gasteiger partial charge in [0.25, 0.3) is 5.91 Å². The van der Waals surface area contributed by atoms with Gasteiger partial charge in [-0.15, -0.1) is 0 Å². The van der Waals surface area contributed by atoms with Gasteiger partial charge in [-0.05, 0) is 43.5 Å². The standard InChI is InChI=1S/C18H21FN4O3/c19-13-4-6-14(7-5-13)23-17(25)15(16(24)21-18(23)26)12-20-8-11-22-9-2-1-3-10-22/h4-7,12,15H,1-3,8-11H2,(H,21,24,26)/p+1/t15-/m1/s1. The van der Waals surface area contributed by atoms with Gasteiger partial charge in [0.05, 0.1) is 31.9 Å². The van der Waals surface area contributed by atoms with Crippen LogP contribution in [0.25, 0.3) is 0 Å². The summed E-state index contributed by atoms with van der Waals surface area (Å²) >= 11 is 0. The maximum atomic E-state index is 13.1. The number of aliphatic imine (C=N–C) groups is 1. The van der Waals surface area contributed by atoms with E-state index < -0.39 is 29.6 Å². The van der Waals surface area contributed by atoms with E-state index >= 15 is 0 Å². The zero-order valence-electron chi connectivity index (χ0n) is 14.4. The number of barbiturate groups is 1. The van der Waals surface area contributed by atoms with Crippen LogP contribution in [0.1, 0.15) is 19.3 Å². The highest BCUT2D eigenvalue weighted by Crippen LogP contribution is 2.20. The summed E-state index contributed by atoms with van der Waals surface area (Å²) in [5.41, 5.74) is 0.206. The molecule has 8 heteroatoms. The van der Waals surface area contributed by atoms with Gasteiger partial charge >= 0.3 is 6.03 Å². The van der Waals surface area contributed by atoms with Gasteiger partial charge in [0.15, 0.2) is 5.92 Å². The van der Waals surface area contributed by atoms with Crippen molar-refractivity contribution in [3.63, 3.8) is 0 Å². The van der Waals surface area contributed by atoms with Gasteiger partial charge < -0.3 is 4.90 Å². The molecular weight excluding hydrogens is 339 g/mol. The van der Waals surface area contributed by atoms with E-state index in [1.54, 1.807) is 0 Å². The zero-order valence-corrected chi connectivity index (χ0v) is 14.4. The van der Waals surface area contributed by atoms with Gasteiger partial charge in [-0.2, -0.15) is 0 Å². The van der Waals surface area contributed by atoms with Crippen molar-refractivity contribution < 1.29 is 23.7 Å². The molecule has 2 heterocycles. The van der Waals surface area contributed by atoms with Crippen molar-refractivity contribution in [3.8, 4) is 0 Å². The molecule has 2 fully saturated rings. The van der Waals surface area contributed by atoms with Crippen LogP contribution in [0, 0.1) is 11.7 Å². The Hall–Kier alpha value is -2.61. The van der Waals surface area contributed by atoms with E-state index in [9.17, 15) is 18.8 Å². The third kappa shape index (κ3) is 4.13. The third-order valence-electron chi connectivity index (χ3n) is 4.70. The van der Waals surface area contributed by atoms with E-state index in [0.717, 1.165) is 36.7 Å². The van der Waals surface area contributed by atoms with Crippen LogP contribution >= 0.6 is 0 Å². The van der Waals surface area contributed by atoms with Crippen LogP contribution in [0.4, 0.5) is 14.9 Å². The highest BCUT2D eigenvalue weighted by atomic mass is 19.1. The molecule has 0 radical (unpaired) electrons. The average Bonchev–Trinajstić information content (AvgIpc) is 2.63. The number of imide groups is 2. The molecule has 2 saturated heterocycles. The number of urea groups is 1. The topological polar surface area (TPSA) is 83.3 Å². The minimum atomic E-state index is -1.16. The van der Waals surface area contributed by atoms with E-state index in [-0.39, 0.29) is 5.69 Å². The van der Waals surface area contributed by atoms with E-state index in [2.05, 4.69) is 10.3 Å². The largest absolute Gasteiger partial charge is 0.335 e. The molecule has 0 bridgehead atoms. The van der Waals surface area contributed by atoms with Crippen molar-refractivity contribution in [1.29, 1.82) is 0 Å². The first-order valence-electron chi connectivity index (χ1n) is 8.84. The van der Waals surface area contributed by atoms with Gasteiger partial charge in [-0.3, -0.25) is 19.9 Å². The smallest absolute Gasteiger partial charge is 0.333 e. The fourth-order valence-electron chi connectivity index (χ4n) is 3.26. The van der Waals surface area contributed by atoms with Crippen LogP contribution < -0.4 is 15.1 Å². The third-order valence-corrected chi connectivity index (χ3v) is 4.70. The minimum Gasteiger partial charge on any atom is -0.333 e. The number of halogens is 1. The van der Waals surface area contributed by atoms with Gasteiger partial charge in [0.2, 0.25) is 5.91 Å². The summed E-state index contributed by atoms with van der Waals surface area (Å²) in [6.45, 7) is 3.65. The van der Waals surface area contributed by atoms with Crippen molar-refractivity contribution in [2.24, 2.45) is 10.9 Å². The Balaban J connectivity index is 1.65. The number of hydrogen-bond acceptors (Lipinski definition) is 4. The molecule has 2 aliphatic heterocycles. The number of quaternary nitrogens is 1. The van der Waals surface area contributed by atoms with Crippen molar-refractivity contribution in [2.75, 3.05) is 31.1 Å². The quantitative estimate of drug-likeness (QED) is 0.579. The lowest BCUT2D eigenvalue weighted by Crippen LogP contribution is -3.13. The summed E-state index contributed by atoms with van der Waals surface area (Å²) in [6.07, 6.45) is 5.02. The molecule has 26 heavy (non-hydrogen) atoms. The van der Waals surface area contributed by atoms with E-state index in [1.165, 1.54) is 42.5 Å². The molecule has 0 aliphatic carbocycles. The molecule has 138 valence electrons. The van der Waals surface area contributed by atoms with Gasteiger partial charge in [0, 0.05) is 6.21 Å². The first kappa shape index (κ1) is 18.2. The van der Waals surface area contributed by atoms with E-state index in [4.69, 9.17) is 0 Å². The highest BCUT2D eigenvalue weighted by Gasteiger charge is 2.40. The molecular formula is C18H22FN4O3+. The van der Waals surface area contributed by atoms with Gasteiger partial charge in [-0.25, -0.2) is 14.1 Å². The first-order valence-corrected chi connectivity index (χ1v) is 8.84. The summed E-state index contributed by atoms with van der Waals surface area (Å²) in [5.74, 6) is -3.01. The Bertz CT molecular complexity index is 714. The summed E-state index contributed by atoms with van der Waals surface area (Å²) in [5, 5.41) is 2.15. The number of carbonyl (C=O) groups excluding carboxylic acids is 3. The Kier molecular flexibility index (Phi) is 5.72. The van der Waals surface area contributed by atoms with Crippen LogP contribution in [0.2, 0.25) is 0 Å². The highest BCUT2D eigenvalue weighted by molar-refractivity contribution is 6.32. The molecule has 0 unspecified atom stereocenters.